The van der Waals surface area contributed by atoms with Crippen LogP contribution in [0.2, 0.25) is 0 Å². The number of anilines is 2. The van der Waals surface area contributed by atoms with Gasteiger partial charge >= 0.3 is 0 Å². The Morgan fingerprint density at radius 2 is 1.80 bits per heavy atom. The topological polar surface area (TPSA) is 109 Å². The van der Waals surface area contributed by atoms with E-state index in [9.17, 15) is 19.5 Å². The molecule has 1 fully saturated rings. The second kappa shape index (κ2) is 9.80. The molecule has 1 atom stereocenters. The SMILES string of the molecule is CC(=O)Nc1cccc(N2C(=O)C(=O)/C(=C(/O)c3ccc(OC(C)C)cc3)C2c2ccccn2)c1. The van der Waals surface area contributed by atoms with Gasteiger partial charge in [-0.15, -0.1) is 0 Å². The van der Waals surface area contributed by atoms with E-state index in [0.29, 0.717) is 28.4 Å². The Kier molecular flexibility index (Phi) is 6.64. The molecule has 8 heteroatoms. The minimum atomic E-state index is -0.963. The van der Waals surface area contributed by atoms with Gasteiger partial charge in [0.15, 0.2) is 0 Å². The van der Waals surface area contributed by atoms with Crippen molar-refractivity contribution in [3.05, 3.63) is 89.8 Å². The first-order valence-electron chi connectivity index (χ1n) is 11.1. The lowest BCUT2D eigenvalue weighted by Gasteiger charge is -2.25. The van der Waals surface area contributed by atoms with Crippen LogP contribution in [0.4, 0.5) is 11.4 Å². The number of rotatable bonds is 6. The summed E-state index contributed by atoms with van der Waals surface area (Å²) in [4.78, 5) is 43.7. The summed E-state index contributed by atoms with van der Waals surface area (Å²) in [5.74, 6) is -1.59. The molecule has 1 aromatic heterocycles. The van der Waals surface area contributed by atoms with Crippen molar-refractivity contribution in [2.45, 2.75) is 32.9 Å². The first-order chi connectivity index (χ1) is 16.8. The van der Waals surface area contributed by atoms with Gasteiger partial charge in [0.25, 0.3) is 11.7 Å². The van der Waals surface area contributed by atoms with Crippen LogP contribution >= 0.6 is 0 Å². The van der Waals surface area contributed by atoms with Gasteiger partial charge in [-0.1, -0.05) is 12.1 Å². The summed E-state index contributed by atoms with van der Waals surface area (Å²) in [5.41, 5.74) is 1.56. The van der Waals surface area contributed by atoms with Gasteiger partial charge in [0, 0.05) is 30.1 Å². The van der Waals surface area contributed by atoms with Gasteiger partial charge in [0.05, 0.1) is 17.4 Å². The number of Topliss-reactive ketones (excluding diaryl/α,β-unsaturated/α-hetero) is 1. The van der Waals surface area contributed by atoms with Crippen LogP contribution in [0.5, 0.6) is 5.75 Å². The molecule has 0 spiro atoms. The molecule has 1 aliphatic rings. The van der Waals surface area contributed by atoms with Crippen LogP contribution in [0.3, 0.4) is 0 Å². The third-order valence-electron chi connectivity index (χ3n) is 5.36. The summed E-state index contributed by atoms with van der Waals surface area (Å²) in [6.45, 7) is 5.19. The number of hydrogen-bond acceptors (Lipinski definition) is 6. The molecule has 3 aromatic rings. The van der Waals surface area contributed by atoms with E-state index < -0.39 is 17.7 Å². The van der Waals surface area contributed by atoms with E-state index >= 15 is 0 Å². The maximum atomic E-state index is 13.2. The summed E-state index contributed by atoms with van der Waals surface area (Å²) >= 11 is 0. The minimum absolute atomic E-state index is 0.0165. The highest BCUT2D eigenvalue weighted by Crippen LogP contribution is 2.42. The van der Waals surface area contributed by atoms with E-state index in [4.69, 9.17) is 4.74 Å². The van der Waals surface area contributed by atoms with Crippen LogP contribution in [0.15, 0.2) is 78.5 Å². The molecule has 0 radical (unpaired) electrons. The molecule has 35 heavy (non-hydrogen) atoms. The number of pyridine rings is 1. The number of nitrogens with one attached hydrogen (secondary N) is 1. The van der Waals surface area contributed by atoms with Gasteiger partial charge in [0.2, 0.25) is 5.91 Å². The van der Waals surface area contributed by atoms with Crippen molar-refractivity contribution in [1.82, 2.24) is 4.98 Å². The number of carbonyl (C=O) groups excluding carboxylic acids is 3. The Morgan fingerprint density at radius 1 is 1.06 bits per heavy atom. The van der Waals surface area contributed by atoms with Crippen molar-refractivity contribution >= 4 is 34.7 Å². The molecular formula is C27H25N3O5. The van der Waals surface area contributed by atoms with Gasteiger partial charge < -0.3 is 15.2 Å². The molecule has 1 unspecified atom stereocenters. The molecule has 1 saturated heterocycles. The zero-order valence-electron chi connectivity index (χ0n) is 19.6. The molecule has 1 aliphatic heterocycles. The fraction of sp³-hybridized carbons (Fsp3) is 0.185. The summed E-state index contributed by atoms with van der Waals surface area (Å²) in [6, 6.07) is 17.4. The van der Waals surface area contributed by atoms with Crippen LogP contribution in [-0.2, 0) is 14.4 Å². The van der Waals surface area contributed by atoms with Crippen LogP contribution in [-0.4, -0.2) is 33.8 Å². The molecule has 2 aromatic carbocycles. The number of aliphatic hydroxyl groups is 1. The Balaban J connectivity index is 1.84. The number of amides is 2. The van der Waals surface area contributed by atoms with E-state index in [1.165, 1.54) is 11.8 Å². The highest BCUT2D eigenvalue weighted by atomic mass is 16.5. The van der Waals surface area contributed by atoms with Crippen molar-refractivity contribution in [2.75, 3.05) is 10.2 Å². The van der Waals surface area contributed by atoms with Crippen molar-refractivity contribution in [3.8, 4) is 5.75 Å². The van der Waals surface area contributed by atoms with Gasteiger partial charge in [-0.25, -0.2) is 0 Å². The summed E-state index contributed by atoms with van der Waals surface area (Å²) in [7, 11) is 0. The molecular weight excluding hydrogens is 446 g/mol. The maximum Gasteiger partial charge on any atom is 0.300 e. The lowest BCUT2D eigenvalue weighted by atomic mass is 9.98. The Labute approximate surface area is 202 Å². The summed E-state index contributed by atoms with van der Waals surface area (Å²) in [5, 5.41) is 13.9. The second-order valence-electron chi connectivity index (χ2n) is 8.35. The largest absolute Gasteiger partial charge is 0.507 e. The fourth-order valence-corrected chi connectivity index (χ4v) is 3.97. The van der Waals surface area contributed by atoms with E-state index in [1.54, 1.807) is 72.9 Å². The molecule has 178 valence electrons. The zero-order chi connectivity index (χ0) is 25.1. The fourth-order valence-electron chi connectivity index (χ4n) is 3.97. The van der Waals surface area contributed by atoms with Gasteiger partial charge in [-0.3, -0.25) is 24.3 Å². The number of nitrogens with zero attached hydrogens (tertiary/aromatic N) is 2. The average molecular weight is 472 g/mol. The minimum Gasteiger partial charge on any atom is -0.507 e. The molecule has 0 bridgehead atoms. The van der Waals surface area contributed by atoms with Crippen LogP contribution < -0.4 is 15.0 Å². The summed E-state index contributed by atoms with van der Waals surface area (Å²) in [6.07, 6.45) is 1.54. The predicted octanol–water partition coefficient (Wildman–Crippen LogP) is 4.45. The van der Waals surface area contributed by atoms with E-state index in [-0.39, 0.29) is 23.3 Å². The first kappa shape index (κ1) is 23.7. The molecule has 8 nitrogen and oxygen atoms in total. The third-order valence-corrected chi connectivity index (χ3v) is 5.36. The molecule has 4 rings (SSSR count). The molecule has 2 N–H and O–H groups in total. The normalized spacial score (nSPS) is 17.0. The first-order valence-corrected chi connectivity index (χ1v) is 11.1. The van der Waals surface area contributed by atoms with Crippen molar-refractivity contribution in [2.24, 2.45) is 0 Å². The zero-order valence-corrected chi connectivity index (χ0v) is 19.6. The van der Waals surface area contributed by atoms with E-state index in [0.717, 1.165) is 0 Å². The lowest BCUT2D eigenvalue weighted by molar-refractivity contribution is -0.132. The third kappa shape index (κ3) is 4.91. The smallest absolute Gasteiger partial charge is 0.300 e. The average Bonchev–Trinajstić information content (AvgIpc) is 3.09. The van der Waals surface area contributed by atoms with Gasteiger partial charge in [-0.05, 0) is 68.4 Å². The lowest BCUT2D eigenvalue weighted by Crippen LogP contribution is -2.30. The number of ether oxygens (including phenoxy) is 1. The number of hydrogen-bond donors (Lipinski definition) is 2. The second-order valence-corrected chi connectivity index (χ2v) is 8.35. The molecule has 2 heterocycles. The molecule has 0 saturated carbocycles. The van der Waals surface area contributed by atoms with Crippen LogP contribution in [0, 0.1) is 0 Å². The number of aromatic nitrogens is 1. The number of aliphatic hydroxyl groups excluding tert-OH is 1. The highest BCUT2D eigenvalue weighted by molar-refractivity contribution is 6.51. The molecule has 2 amide bonds. The van der Waals surface area contributed by atoms with E-state index in [2.05, 4.69) is 10.3 Å². The number of benzene rings is 2. The highest BCUT2D eigenvalue weighted by Gasteiger charge is 2.47. The van der Waals surface area contributed by atoms with Gasteiger partial charge in [0.1, 0.15) is 17.6 Å². The van der Waals surface area contributed by atoms with Crippen LogP contribution in [0.1, 0.15) is 38.1 Å². The van der Waals surface area contributed by atoms with Crippen molar-refractivity contribution < 1.29 is 24.2 Å². The monoisotopic (exact) mass is 471 g/mol. The maximum absolute atomic E-state index is 13.2. The Morgan fingerprint density at radius 3 is 2.43 bits per heavy atom. The quantitative estimate of drug-likeness (QED) is 0.312. The Bertz CT molecular complexity index is 1300. The Hall–Kier alpha value is -4.46. The summed E-state index contributed by atoms with van der Waals surface area (Å²) < 4.78 is 5.65. The molecule has 0 aliphatic carbocycles. The number of ketones is 1. The standard InChI is InChI=1S/C27H25N3O5/c1-16(2)35-21-12-10-18(11-13-21)25(32)23-24(22-9-4-5-14-28-22)30(27(34)26(23)33)20-8-6-7-19(15-20)29-17(3)31/h4-16,24,32H,1-3H3,(H,29,31)/b25-23+. The van der Waals surface area contributed by atoms with Gasteiger partial charge in [-0.2, -0.15) is 0 Å². The van der Waals surface area contributed by atoms with Crippen molar-refractivity contribution in [1.29, 1.82) is 0 Å². The van der Waals surface area contributed by atoms with E-state index in [1.807, 2.05) is 13.8 Å². The van der Waals surface area contributed by atoms with Crippen LogP contribution in [0.25, 0.3) is 5.76 Å². The number of carbonyl (C=O) groups is 3. The van der Waals surface area contributed by atoms with Crippen molar-refractivity contribution in [3.63, 3.8) is 0 Å². The predicted molar refractivity (Wildman–Crippen MR) is 132 cm³/mol.